The molecule has 1 aliphatic rings. The van der Waals surface area contributed by atoms with Crippen molar-refractivity contribution in [2.45, 2.75) is 46.1 Å². The molecule has 0 saturated carbocycles. The largest absolute Gasteiger partial charge is 0.496 e. The van der Waals surface area contributed by atoms with E-state index in [1.807, 2.05) is 0 Å². The van der Waals surface area contributed by atoms with E-state index in [4.69, 9.17) is 35.3 Å². The number of halogens is 3. The number of alkyl halides is 2. The molecule has 0 unspecified atom stereocenters. The van der Waals surface area contributed by atoms with E-state index in [9.17, 15) is 23.2 Å². The Morgan fingerprint density at radius 3 is 2.38 bits per heavy atom. The normalized spacial score (nSPS) is 12.6. The van der Waals surface area contributed by atoms with Crippen LogP contribution in [0, 0.1) is 6.92 Å². The highest BCUT2D eigenvalue weighted by molar-refractivity contribution is 6.34. The number of benzene rings is 2. The van der Waals surface area contributed by atoms with E-state index in [0.29, 0.717) is 34.6 Å². The molecule has 12 heteroatoms. The molecule has 39 heavy (non-hydrogen) atoms. The van der Waals surface area contributed by atoms with Crippen molar-refractivity contribution in [1.82, 2.24) is 0 Å². The van der Waals surface area contributed by atoms with Crippen LogP contribution in [0.25, 0.3) is 0 Å². The number of fused-ring (bicyclic) bond motifs is 1. The van der Waals surface area contributed by atoms with Crippen LogP contribution in [0.15, 0.2) is 23.8 Å². The topological polar surface area (TPSA) is 109 Å². The van der Waals surface area contributed by atoms with Gasteiger partial charge in [-0.15, -0.1) is 0 Å². The summed E-state index contributed by atoms with van der Waals surface area (Å²) < 4.78 is 52.5. The van der Waals surface area contributed by atoms with Crippen LogP contribution in [-0.4, -0.2) is 45.6 Å². The van der Waals surface area contributed by atoms with Crippen LogP contribution in [-0.2, 0) is 27.4 Å². The predicted octanol–water partition coefficient (Wildman–Crippen LogP) is 5.42. The maximum Gasteiger partial charge on any atom is 0.341 e. The van der Waals surface area contributed by atoms with Crippen LogP contribution >= 0.6 is 11.6 Å². The molecule has 0 bridgehead atoms. The molecular weight excluding hydrogens is 540 g/mol. The zero-order valence-corrected chi connectivity index (χ0v) is 22.8. The first-order valence-corrected chi connectivity index (χ1v) is 12.2. The third-order valence-electron chi connectivity index (χ3n) is 6.17. The lowest BCUT2D eigenvalue weighted by molar-refractivity contribution is -0.134. The first-order chi connectivity index (χ1) is 18.5. The van der Waals surface area contributed by atoms with Gasteiger partial charge in [-0.3, -0.25) is 9.59 Å². The lowest BCUT2D eigenvalue weighted by Crippen LogP contribution is -2.23. The molecule has 9 nitrogen and oxygen atoms in total. The molecule has 1 amide bonds. The van der Waals surface area contributed by atoms with Crippen molar-refractivity contribution in [1.29, 1.82) is 0 Å². The highest BCUT2D eigenvalue weighted by atomic mass is 35.5. The van der Waals surface area contributed by atoms with Crippen LogP contribution in [0.1, 0.15) is 46.8 Å². The number of carbonyl (C=O) groups excluding carboxylic acids is 3. The number of anilines is 1. The summed E-state index contributed by atoms with van der Waals surface area (Å²) >= 11 is 6.26. The maximum absolute atomic E-state index is 13.1. The number of nitrogens with one attached hydrogen (secondary N) is 1. The number of cyclic esters (lactones) is 1. The monoisotopic (exact) mass is 567 g/mol. The van der Waals surface area contributed by atoms with Crippen LogP contribution in [0.2, 0.25) is 5.02 Å². The number of carbonyl (C=O) groups is 3. The van der Waals surface area contributed by atoms with Gasteiger partial charge in [0, 0.05) is 17.5 Å². The van der Waals surface area contributed by atoms with E-state index in [-0.39, 0.29) is 47.2 Å². The van der Waals surface area contributed by atoms with Crippen LogP contribution in [0.4, 0.5) is 14.5 Å². The van der Waals surface area contributed by atoms with Gasteiger partial charge in [0.1, 0.15) is 17.4 Å². The highest BCUT2D eigenvalue weighted by Gasteiger charge is 2.33. The molecule has 0 aromatic heterocycles. The average molecular weight is 568 g/mol. The molecule has 0 spiro atoms. The minimum Gasteiger partial charge on any atom is -0.496 e. The number of methoxy groups -OCH3 is 3. The molecule has 2 aromatic carbocycles. The summed E-state index contributed by atoms with van der Waals surface area (Å²) in [4.78, 5) is 36.8. The van der Waals surface area contributed by atoms with Gasteiger partial charge in [-0.2, -0.15) is 8.78 Å². The average Bonchev–Trinajstić information content (AvgIpc) is 3.30. The summed E-state index contributed by atoms with van der Waals surface area (Å²) in [6.45, 7) is 3.43. The molecular formula is C27H28ClF2NO8. The molecule has 3 rings (SSSR count). The van der Waals surface area contributed by atoms with Crippen LogP contribution in [0.5, 0.6) is 23.0 Å². The molecule has 0 saturated heterocycles. The number of allylic oxidation sites excluding steroid dienone is 2. The van der Waals surface area contributed by atoms with E-state index >= 15 is 0 Å². The Balaban J connectivity index is 1.80. The van der Waals surface area contributed by atoms with Crippen molar-refractivity contribution >= 4 is 35.1 Å². The predicted molar refractivity (Wildman–Crippen MR) is 138 cm³/mol. The summed E-state index contributed by atoms with van der Waals surface area (Å²) in [5, 5.41) is 2.25. The fourth-order valence-electron chi connectivity index (χ4n) is 4.17. The second-order valence-corrected chi connectivity index (χ2v) is 8.95. The van der Waals surface area contributed by atoms with Crippen LogP contribution in [0.3, 0.4) is 0 Å². The molecule has 0 atom stereocenters. The quantitative estimate of drug-likeness (QED) is 0.218. The molecule has 0 fully saturated rings. The Morgan fingerprint density at radius 2 is 1.77 bits per heavy atom. The Morgan fingerprint density at radius 1 is 1.10 bits per heavy atom. The van der Waals surface area contributed by atoms with Gasteiger partial charge in [0.2, 0.25) is 0 Å². The molecule has 0 aliphatic carbocycles. The summed E-state index contributed by atoms with van der Waals surface area (Å²) in [5.74, 6) is -1.75. The first-order valence-electron chi connectivity index (χ1n) is 11.8. The van der Waals surface area contributed by atoms with E-state index in [1.54, 1.807) is 26.0 Å². The van der Waals surface area contributed by atoms with E-state index in [0.717, 1.165) is 5.57 Å². The Bertz CT molecular complexity index is 1330. The summed E-state index contributed by atoms with van der Waals surface area (Å²) in [6, 6.07) is 3.05. The van der Waals surface area contributed by atoms with Gasteiger partial charge in [-0.05, 0) is 44.4 Å². The first kappa shape index (κ1) is 29.7. The summed E-state index contributed by atoms with van der Waals surface area (Å²) in [5.41, 5.74) is 2.11. The third kappa shape index (κ3) is 6.42. The van der Waals surface area contributed by atoms with Gasteiger partial charge in [0.05, 0.1) is 32.6 Å². The van der Waals surface area contributed by atoms with Crippen molar-refractivity contribution in [3.63, 3.8) is 0 Å². The van der Waals surface area contributed by atoms with Crippen molar-refractivity contribution < 1.29 is 46.8 Å². The fourth-order valence-corrected chi connectivity index (χ4v) is 4.44. The minimum atomic E-state index is -3.29. The smallest absolute Gasteiger partial charge is 0.341 e. The van der Waals surface area contributed by atoms with Gasteiger partial charge < -0.3 is 29.0 Å². The summed E-state index contributed by atoms with van der Waals surface area (Å²) in [6.07, 6.45) is -1.11. The van der Waals surface area contributed by atoms with E-state index in [2.05, 4.69) is 5.32 Å². The van der Waals surface area contributed by atoms with Crippen molar-refractivity contribution in [3.05, 3.63) is 51.1 Å². The van der Waals surface area contributed by atoms with Gasteiger partial charge in [-0.25, -0.2) is 4.79 Å². The lowest BCUT2D eigenvalue weighted by Gasteiger charge is -2.19. The molecule has 1 aliphatic heterocycles. The molecule has 2 aromatic rings. The van der Waals surface area contributed by atoms with Gasteiger partial charge in [0.15, 0.2) is 17.2 Å². The number of amides is 1. The lowest BCUT2D eigenvalue weighted by atomic mass is 9.93. The van der Waals surface area contributed by atoms with Crippen molar-refractivity contribution in [3.8, 4) is 23.0 Å². The van der Waals surface area contributed by atoms with Crippen molar-refractivity contribution in [2.24, 2.45) is 0 Å². The van der Waals surface area contributed by atoms with Gasteiger partial charge in [0.25, 0.3) is 5.91 Å². The number of esters is 2. The zero-order valence-electron chi connectivity index (χ0n) is 22.0. The number of rotatable bonds is 11. The fraction of sp³-hybridized carbons (Fsp3) is 0.370. The molecule has 1 N–H and O–H groups in total. The summed E-state index contributed by atoms with van der Waals surface area (Å²) in [7, 11) is 4.27. The minimum absolute atomic E-state index is 0.00859. The van der Waals surface area contributed by atoms with E-state index < -0.39 is 24.3 Å². The third-order valence-corrected chi connectivity index (χ3v) is 6.53. The zero-order chi connectivity index (χ0) is 28.9. The molecule has 0 radical (unpaired) electrons. The van der Waals surface area contributed by atoms with Gasteiger partial charge in [-0.1, -0.05) is 23.3 Å². The second kappa shape index (κ2) is 12.8. The second-order valence-electron chi connectivity index (χ2n) is 8.57. The standard InChI is InChI=1S/C27H28ClF2NO8/c1-13(7-11-19(32)39-17-9-10-18(35-3)24(37-5)21(17)28)6-8-15-22(31-26(33)25(29)30)20-16(12-38-27(20)34)14(2)23(15)36-4/h6,9-10,25H,7-8,11-12H2,1-5H3,(H,31,33)/b13-6+. The number of hydrogen-bond acceptors (Lipinski definition) is 8. The van der Waals surface area contributed by atoms with E-state index in [1.165, 1.54) is 27.4 Å². The SMILES string of the molecule is COc1ccc(OC(=O)CC/C(C)=C/Cc2c(NC(=O)C(F)F)c3c(c(C)c2OC)COC3=O)c(Cl)c1OC. The Labute approximate surface area is 229 Å². The highest BCUT2D eigenvalue weighted by Crippen LogP contribution is 2.42. The van der Waals surface area contributed by atoms with Crippen molar-refractivity contribution in [2.75, 3.05) is 26.6 Å². The Hall–Kier alpha value is -3.86. The Kier molecular flexibility index (Phi) is 9.74. The van der Waals surface area contributed by atoms with Crippen LogP contribution < -0.4 is 24.3 Å². The molecule has 210 valence electrons. The molecule has 1 heterocycles. The van der Waals surface area contributed by atoms with Gasteiger partial charge >= 0.3 is 18.4 Å². The number of hydrogen-bond donors (Lipinski definition) is 1. The maximum atomic E-state index is 13.1. The number of ether oxygens (including phenoxy) is 5.